The van der Waals surface area contributed by atoms with Crippen LogP contribution in [0.15, 0.2) is 48.6 Å². The molecular formula is C21H28O5. The van der Waals surface area contributed by atoms with E-state index in [1.165, 1.54) is 19.4 Å². The molecule has 0 aromatic heterocycles. The molecular weight excluding hydrogens is 332 g/mol. The average Bonchev–Trinajstić information content (AvgIpc) is 2.54. The first kappa shape index (κ1) is 23.3. The summed E-state index contributed by atoms with van der Waals surface area (Å²) in [6.07, 6.45) is 1.04. The SMILES string of the molecule is C=C(C)C(=O)OC(=O)C(=C)C.CC(C)Cc1ccc(C(C)C(=O)O)cc1. The highest BCUT2D eigenvalue weighted by Crippen LogP contribution is 2.17. The fraction of sp³-hybridized carbons (Fsp3) is 0.381. The van der Waals surface area contributed by atoms with Crippen LogP contribution < -0.4 is 0 Å². The number of ether oxygens (including phenoxy) is 1. The molecule has 142 valence electrons. The van der Waals surface area contributed by atoms with Crippen molar-refractivity contribution in [3.05, 3.63) is 59.7 Å². The molecule has 1 atom stereocenters. The maximum absolute atomic E-state index is 10.8. The molecule has 1 unspecified atom stereocenters. The van der Waals surface area contributed by atoms with Crippen LogP contribution in [0.2, 0.25) is 0 Å². The third-order valence-electron chi connectivity index (χ3n) is 3.38. The Balaban J connectivity index is 0.000000508. The van der Waals surface area contributed by atoms with E-state index in [4.69, 9.17) is 5.11 Å². The van der Waals surface area contributed by atoms with Crippen LogP contribution in [0.5, 0.6) is 0 Å². The molecule has 5 heteroatoms. The molecule has 1 aromatic rings. The zero-order valence-electron chi connectivity index (χ0n) is 16.2. The Morgan fingerprint density at radius 3 is 1.69 bits per heavy atom. The number of carbonyl (C=O) groups excluding carboxylic acids is 2. The van der Waals surface area contributed by atoms with Crippen LogP contribution in [0.1, 0.15) is 51.7 Å². The Kier molecular flexibility index (Phi) is 9.89. The molecule has 0 saturated carbocycles. The van der Waals surface area contributed by atoms with Gasteiger partial charge in [-0.25, -0.2) is 9.59 Å². The molecule has 1 rings (SSSR count). The number of rotatable bonds is 6. The number of hydrogen-bond donors (Lipinski definition) is 1. The van der Waals surface area contributed by atoms with Gasteiger partial charge in [-0.15, -0.1) is 0 Å². The third-order valence-corrected chi connectivity index (χ3v) is 3.38. The molecule has 0 radical (unpaired) electrons. The summed E-state index contributed by atoms with van der Waals surface area (Å²) in [5.74, 6) is -1.98. The summed E-state index contributed by atoms with van der Waals surface area (Å²) >= 11 is 0. The minimum absolute atomic E-state index is 0.194. The minimum atomic E-state index is -0.772. The Morgan fingerprint density at radius 1 is 0.962 bits per heavy atom. The van der Waals surface area contributed by atoms with Crippen molar-refractivity contribution in [2.24, 2.45) is 5.92 Å². The maximum atomic E-state index is 10.8. The topological polar surface area (TPSA) is 80.7 Å². The number of benzene rings is 1. The number of esters is 2. The highest BCUT2D eigenvalue weighted by Gasteiger charge is 2.13. The molecule has 0 saturated heterocycles. The van der Waals surface area contributed by atoms with E-state index in [9.17, 15) is 14.4 Å². The van der Waals surface area contributed by atoms with Crippen molar-refractivity contribution in [3.63, 3.8) is 0 Å². The third kappa shape index (κ3) is 8.97. The van der Waals surface area contributed by atoms with Gasteiger partial charge in [0.05, 0.1) is 5.92 Å². The molecule has 0 aliphatic carbocycles. The summed E-state index contributed by atoms with van der Waals surface area (Å²) in [7, 11) is 0. The monoisotopic (exact) mass is 360 g/mol. The zero-order valence-corrected chi connectivity index (χ0v) is 16.2. The van der Waals surface area contributed by atoms with E-state index in [1.54, 1.807) is 6.92 Å². The fourth-order valence-corrected chi connectivity index (χ4v) is 1.81. The number of aliphatic carboxylic acids is 1. The Hall–Kier alpha value is -2.69. The van der Waals surface area contributed by atoms with Crippen molar-refractivity contribution >= 4 is 17.9 Å². The predicted molar refractivity (Wildman–Crippen MR) is 102 cm³/mol. The van der Waals surface area contributed by atoms with Gasteiger partial charge in [-0.05, 0) is 44.2 Å². The minimum Gasteiger partial charge on any atom is -0.481 e. The summed E-state index contributed by atoms with van der Waals surface area (Å²) in [5.41, 5.74) is 2.53. The molecule has 1 aromatic carbocycles. The summed E-state index contributed by atoms with van der Waals surface area (Å²) in [4.78, 5) is 32.1. The molecule has 26 heavy (non-hydrogen) atoms. The standard InChI is InChI=1S/C13H18O2.C8H10O3/c1-9(2)8-11-4-6-12(7-5-11)10(3)13(14)15;1-5(2)7(9)11-8(10)6(3)4/h4-7,9-10H,8H2,1-3H3,(H,14,15);1,3H2,2,4H3. The highest BCUT2D eigenvalue weighted by molar-refractivity contribution is 6.00. The second-order valence-corrected chi connectivity index (χ2v) is 6.64. The van der Waals surface area contributed by atoms with Crippen molar-refractivity contribution in [2.45, 2.75) is 47.0 Å². The molecule has 0 aliphatic heterocycles. The van der Waals surface area contributed by atoms with E-state index in [-0.39, 0.29) is 11.1 Å². The zero-order chi connectivity index (χ0) is 20.4. The van der Waals surface area contributed by atoms with Gasteiger partial charge in [0.1, 0.15) is 0 Å². The van der Waals surface area contributed by atoms with Gasteiger partial charge in [0.25, 0.3) is 0 Å². The highest BCUT2D eigenvalue weighted by atomic mass is 16.6. The number of carboxylic acids is 1. The van der Waals surface area contributed by atoms with Crippen LogP contribution in [-0.2, 0) is 25.5 Å². The van der Waals surface area contributed by atoms with Gasteiger partial charge in [-0.2, -0.15) is 0 Å². The molecule has 0 bridgehead atoms. The van der Waals surface area contributed by atoms with E-state index in [0.29, 0.717) is 5.92 Å². The molecule has 1 N–H and O–H groups in total. The fourth-order valence-electron chi connectivity index (χ4n) is 1.81. The van der Waals surface area contributed by atoms with Crippen molar-refractivity contribution in [1.82, 2.24) is 0 Å². The average molecular weight is 360 g/mol. The molecule has 0 aliphatic rings. The maximum Gasteiger partial charge on any atom is 0.340 e. The van der Waals surface area contributed by atoms with E-state index in [2.05, 4.69) is 31.7 Å². The largest absolute Gasteiger partial charge is 0.481 e. The van der Waals surface area contributed by atoms with E-state index >= 15 is 0 Å². The lowest BCUT2D eigenvalue weighted by atomic mass is 9.97. The first-order valence-electron chi connectivity index (χ1n) is 8.34. The van der Waals surface area contributed by atoms with Crippen LogP contribution >= 0.6 is 0 Å². The van der Waals surface area contributed by atoms with E-state index in [1.807, 2.05) is 24.3 Å². The lowest BCUT2D eigenvalue weighted by Crippen LogP contribution is -2.12. The Labute approximate surface area is 155 Å². The van der Waals surface area contributed by atoms with Gasteiger partial charge in [-0.1, -0.05) is 51.3 Å². The van der Waals surface area contributed by atoms with Crippen LogP contribution in [0.4, 0.5) is 0 Å². The molecule has 5 nitrogen and oxygen atoms in total. The van der Waals surface area contributed by atoms with Gasteiger partial charge in [0.2, 0.25) is 0 Å². The molecule has 0 amide bonds. The quantitative estimate of drug-likeness (QED) is 0.465. The van der Waals surface area contributed by atoms with Gasteiger partial charge < -0.3 is 9.84 Å². The number of carbonyl (C=O) groups is 3. The first-order valence-corrected chi connectivity index (χ1v) is 8.34. The lowest BCUT2D eigenvalue weighted by molar-refractivity contribution is -0.154. The van der Waals surface area contributed by atoms with Crippen molar-refractivity contribution < 1.29 is 24.2 Å². The van der Waals surface area contributed by atoms with Crippen LogP contribution in [-0.4, -0.2) is 23.0 Å². The molecule has 0 spiro atoms. The van der Waals surface area contributed by atoms with Crippen LogP contribution in [0.3, 0.4) is 0 Å². The van der Waals surface area contributed by atoms with Gasteiger partial charge in [-0.3, -0.25) is 4.79 Å². The van der Waals surface area contributed by atoms with Gasteiger partial charge >= 0.3 is 17.9 Å². The molecule has 0 fully saturated rings. The Morgan fingerprint density at radius 2 is 1.38 bits per heavy atom. The Bertz CT molecular complexity index is 644. The molecule has 0 heterocycles. The van der Waals surface area contributed by atoms with Crippen LogP contribution in [0, 0.1) is 5.92 Å². The first-order chi connectivity index (χ1) is 12.0. The van der Waals surface area contributed by atoms with Crippen LogP contribution in [0.25, 0.3) is 0 Å². The van der Waals surface area contributed by atoms with Gasteiger partial charge in [0.15, 0.2) is 0 Å². The normalized spacial score (nSPS) is 11.0. The second-order valence-electron chi connectivity index (χ2n) is 6.64. The lowest BCUT2D eigenvalue weighted by Gasteiger charge is -2.09. The summed E-state index contributed by atoms with van der Waals surface area (Å²) in [6.45, 7) is 15.6. The summed E-state index contributed by atoms with van der Waals surface area (Å²) < 4.78 is 4.30. The summed E-state index contributed by atoms with van der Waals surface area (Å²) in [6, 6.07) is 7.87. The summed E-state index contributed by atoms with van der Waals surface area (Å²) in [5, 5.41) is 8.85. The number of hydrogen-bond acceptors (Lipinski definition) is 4. The smallest absolute Gasteiger partial charge is 0.340 e. The van der Waals surface area contributed by atoms with E-state index < -0.39 is 23.8 Å². The van der Waals surface area contributed by atoms with Crippen molar-refractivity contribution in [1.29, 1.82) is 0 Å². The van der Waals surface area contributed by atoms with E-state index in [0.717, 1.165) is 12.0 Å². The van der Waals surface area contributed by atoms with Crippen molar-refractivity contribution in [3.8, 4) is 0 Å². The second kappa shape index (κ2) is 11.0. The van der Waals surface area contributed by atoms with Gasteiger partial charge in [0, 0.05) is 11.1 Å². The number of carboxylic acid groups (broad SMARTS) is 1. The van der Waals surface area contributed by atoms with Crippen molar-refractivity contribution in [2.75, 3.05) is 0 Å². The predicted octanol–water partition coefficient (Wildman–Crippen LogP) is 4.28.